The largest absolute Gasteiger partial charge is 0.379 e. The first-order valence-electron chi connectivity index (χ1n) is 12.4. The molecule has 2 N–H and O–H groups in total. The number of ether oxygens (including phenoxy) is 2. The summed E-state index contributed by atoms with van der Waals surface area (Å²) in [5.74, 6) is -0.952. The molecule has 0 radical (unpaired) electrons. The fourth-order valence-corrected chi connectivity index (χ4v) is 6.84. The Balaban J connectivity index is 1.24. The zero-order valence-electron chi connectivity index (χ0n) is 20.8. The molecule has 4 aliphatic rings. The maximum atomic E-state index is 13.1. The summed E-state index contributed by atoms with van der Waals surface area (Å²) in [6.07, 6.45) is 1.35. The van der Waals surface area contributed by atoms with Crippen molar-refractivity contribution in [3.05, 3.63) is 9.81 Å². The Labute approximate surface area is 240 Å². The second-order valence-electron chi connectivity index (χ2n) is 8.78. The minimum atomic E-state index is -0.348. The number of carbonyl (C=O) groups excluding carboxylic acids is 4. The fraction of sp³-hybridized carbons (Fsp3) is 0.636. The lowest BCUT2D eigenvalue weighted by Crippen LogP contribution is -2.48. The molecule has 12 nitrogen and oxygen atoms in total. The molecule has 0 saturated carbocycles. The molecular formula is C22H30N6O6S4. The van der Waals surface area contributed by atoms with Crippen molar-refractivity contribution in [1.82, 2.24) is 30.7 Å². The van der Waals surface area contributed by atoms with Crippen LogP contribution >= 0.6 is 48.0 Å². The molecule has 0 bridgehead atoms. The lowest BCUT2D eigenvalue weighted by Gasteiger charge is -2.27. The number of amides is 4. The van der Waals surface area contributed by atoms with Gasteiger partial charge in [0.05, 0.1) is 36.2 Å². The Bertz CT molecular complexity index is 936. The smallest absolute Gasteiger partial charge is 0.267 e. The Hall–Kier alpha value is -1.66. The first kappa shape index (κ1) is 29.3. The molecule has 0 spiro atoms. The first-order valence-corrected chi connectivity index (χ1v) is 14.8. The van der Waals surface area contributed by atoms with Gasteiger partial charge in [-0.15, -0.1) is 0 Å². The first-order chi connectivity index (χ1) is 18.3. The summed E-state index contributed by atoms with van der Waals surface area (Å²) in [4.78, 5) is 54.0. The van der Waals surface area contributed by atoms with E-state index in [9.17, 15) is 19.2 Å². The van der Waals surface area contributed by atoms with Crippen molar-refractivity contribution >= 4 is 80.2 Å². The van der Waals surface area contributed by atoms with Gasteiger partial charge in [-0.1, -0.05) is 48.0 Å². The van der Waals surface area contributed by atoms with Gasteiger partial charge in [-0.3, -0.25) is 39.8 Å². The minimum Gasteiger partial charge on any atom is -0.379 e. The molecule has 4 aliphatic heterocycles. The van der Waals surface area contributed by atoms with Crippen molar-refractivity contribution in [3.63, 3.8) is 0 Å². The van der Waals surface area contributed by atoms with E-state index in [1.165, 1.54) is 9.80 Å². The number of nitrogens with one attached hydrogen (secondary N) is 2. The van der Waals surface area contributed by atoms with E-state index in [2.05, 4.69) is 10.9 Å². The summed E-state index contributed by atoms with van der Waals surface area (Å²) < 4.78 is 11.2. The predicted molar refractivity (Wildman–Crippen MR) is 150 cm³/mol. The number of morpholine rings is 2. The van der Waals surface area contributed by atoms with E-state index in [4.69, 9.17) is 33.9 Å². The molecule has 4 amide bonds. The van der Waals surface area contributed by atoms with E-state index in [-0.39, 0.29) is 59.4 Å². The molecule has 0 aromatic rings. The number of nitrogens with zero attached hydrogens (tertiary/aromatic N) is 4. The van der Waals surface area contributed by atoms with Gasteiger partial charge in [0.15, 0.2) is 0 Å². The molecule has 4 heterocycles. The van der Waals surface area contributed by atoms with Crippen molar-refractivity contribution in [2.24, 2.45) is 0 Å². The van der Waals surface area contributed by atoms with Crippen LogP contribution in [0.3, 0.4) is 0 Å². The summed E-state index contributed by atoms with van der Waals surface area (Å²) in [7, 11) is 0. The maximum absolute atomic E-state index is 13.1. The summed E-state index contributed by atoms with van der Waals surface area (Å²) in [5.41, 5.74) is 5.69. The standard InChI is InChI=1S/C22H30N6O6S4/c29-15(23-25-7-11-33-12-8-25)3-1-5-27-19(31)17(37-21(27)35)18-20(32)28(22(36)38-18)6-2-4-16(30)24-26-9-13-34-14-10-26/h1-14H2,(H,23,29)(H,24,30)/b18-17+. The Kier molecular flexibility index (Phi) is 10.9. The van der Waals surface area contributed by atoms with Crippen LogP contribution in [0.1, 0.15) is 25.7 Å². The molecule has 0 aromatic carbocycles. The van der Waals surface area contributed by atoms with E-state index >= 15 is 0 Å². The van der Waals surface area contributed by atoms with Gasteiger partial charge in [-0.05, 0) is 12.8 Å². The van der Waals surface area contributed by atoms with Gasteiger partial charge >= 0.3 is 0 Å². The minimum absolute atomic E-state index is 0.128. The van der Waals surface area contributed by atoms with Crippen LogP contribution in [0.2, 0.25) is 0 Å². The Morgan fingerprint density at radius 1 is 0.711 bits per heavy atom. The third-order valence-corrected chi connectivity index (χ3v) is 9.09. The van der Waals surface area contributed by atoms with Gasteiger partial charge < -0.3 is 9.47 Å². The van der Waals surface area contributed by atoms with E-state index in [1.54, 1.807) is 0 Å². The van der Waals surface area contributed by atoms with Crippen LogP contribution in [-0.2, 0) is 28.7 Å². The van der Waals surface area contributed by atoms with E-state index in [0.29, 0.717) is 74.1 Å². The van der Waals surface area contributed by atoms with E-state index in [1.807, 2.05) is 10.0 Å². The molecule has 208 valence electrons. The third-order valence-electron chi connectivity index (χ3n) is 6.06. The second-order valence-corrected chi connectivity index (χ2v) is 12.1. The quantitative estimate of drug-likeness (QED) is 0.262. The van der Waals surface area contributed by atoms with Crippen LogP contribution in [0, 0.1) is 0 Å². The van der Waals surface area contributed by atoms with Crippen LogP contribution in [0.25, 0.3) is 0 Å². The van der Waals surface area contributed by atoms with E-state index < -0.39 is 0 Å². The van der Waals surface area contributed by atoms with E-state index in [0.717, 1.165) is 23.5 Å². The number of rotatable bonds is 10. The van der Waals surface area contributed by atoms with Gasteiger partial charge in [0.25, 0.3) is 11.8 Å². The molecule has 0 unspecified atom stereocenters. The fourth-order valence-electron chi connectivity index (χ4n) is 4.07. The maximum Gasteiger partial charge on any atom is 0.267 e. The lowest BCUT2D eigenvalue weighted by atomic mass is 10.2. The van der Waals surface area contributed by atoms with Crippen molar-refractivity contribution in [1.29, 1.82) is 0 Å². The lowest BCUT2D eigenvalue weighted by molar-refractivity contribution is -0.129. The molecule has 4 fully saturated rings. The van der Waals surface area contributed by atoms with Crippen molar-refractivity contribution in [3.8, 4) is 0 Å². The number of thioether (sulfide) groups is 2. The Morgan fingerprint density at radius 2 is 1.08 bits per heavy atom. The molecular weight excluding hydrogens is 573 g/mol. The highest BCUT2D eigenvalue weighted by atomic mass is 32.2. The number of hydrazine groups is 2. The molecule has 16 heteroatoms. The molecule has 4 saturated heterocycles. The summed E-state index contributed by atoms with van der Waals surface area (Å²) in [6.45, 7) is 5.43. The Morgan fingerprint density at radius 3 is 1.45 bits per heavy atom. The molecule has 0 atom stereocenters. The monoisotopic (exact) mass is 602 g/mol. The molecule has 38 heavy (non-hydrogen) atoms. The van der Waals surface area contributed by atoms with Crippen LogP contribution in [0.4, 0.5) is 0 Å². The van der Waals surface area contributed by atoms with Crippen LogP contribution in [-0.4, -0.2) is 118 Å². The van der Waals surface area contributed by atoms with Crippen LogP contribution < -0.4 is 10.9 Å². The third kappa shape index (κ3) is 7.71. The zero-order chi connectivity index (χ0) is 27.1. The molecule has 0 aliphatic carbocycles. The summed E-state index contributed by atoms with van der Waals surface area (Å²) in [6, 6.07) is 0. The topological polar surface area (TPSA) is 124 Å². The van der Waals surface area contributed by atoms with Gasteiger partial charge in [0.1, 0.15) is 8.64 Å². The zero-order valence-corrected chi connectivity index (χ0v) is 24.0. The second kappa shape index (κ2) is 14.1. The highest BCUT2D eigenvalue weighted by molar-refractivity contribution is 8.29. The highest BCUT2D eigenvalue weighted by Gasteiger charge is 2.41. The van der Waals surface area contributed by atoms with Gasteiger partial charge in [0.2, 0.25) is 11.8 Å². The number of carbonyl (C=O) groups is 4. The number of thiocarbonyl (C=S) groups is 2. The van der Waals surface area contributed by atoms with Gasteiger partial charge in [-0.2, -0.15) is 0 Å². The average molecular weight is 603 g/mol. The molecule has 0 aromatic heterocycles. The van der Waals surface area contributed by atoms with Crippen LogP contribution in [0.5, 0.6) is 0 Å². The predicted octanol–water partition coefficient (Wildman–Crippen LogP) is 0.206. The van der Waals surface area contributed by atoms with Crippen molar-refractivity contribution in [2.45, 2.75) is 25.7 Å². The SMILES string of the molecule is O=C(CCCN1C(=O)/C(=C2\SC(=S)N(CCCC(=O)NN3CCOCC3)C2=O)SC1=S)NN1CCOCC1. The van der Waals surface area contributed by atoms with Gasteiger partial charge in [0, 0.05) is 52.1 Å². The summed E-state index contributed by atoms with van der Waals surface area (Å²) >= 11 is 12.9. The highest BCUT2D eigenvalue weighted by Crippen LogP contribution is 2.42. The molecule has 4 rings (SSSR count). The summed E-state index contributed by atoms with van der Waals surface area (Å²) in [5, 5.41) is 3.65. The van der Waals surface area contributed by atoms with Crippen molar-refractivity contribution in [2.75, 3.05) is 65.7 Å². The number of hydrogen-bond acceptors (Lipinski definition) is 12. The average Bonchev–Trinajstić information content (AvgIpc) is 3.34. The van der Waals surface area contributed by atoms with Crippen LogP contribution in [0.15, 0.2) is 9.81 Å². The van der Waals surface area contributed by atoms with Gasteiger partial charge in [-0.25, -0.2) is 10.0 Å². The number of hydrogen-bond donors (Lipinski definition) is 2. The normalized spacial score (nSPS) is 23.5. The van der Waals surface area contributed by atoms with Crippen molar-refractivity contribution < 1.29 is 28.7 Å².